The first-order valence-electron chi connectivity index (χ1n) is 17.9. The molecule has 6 atom stereocenters. The number of hydrogen-bond acceptors (Lipinski definition) is 18. The Morgan fingerprint density at radius 1 is 0.291 bits per heavy atom. The van der Waals surface area contributed by atoms with Crippen molar-refractivity contribution in [3.05, 3.63) is 0 Å². The molecule has 6 unspecified atom stereocenters. The van der Waals surface area contributed by atoms with Gasteiger partial charge < -0.3 is 0 Å². The second-order valence-electron chi connectivity index (χ2n) is 19.5. The van der Waals surface area contributed by atoms with Crippen LogP contribution in [0.15, 0.2) is 0 Å². The molecule has 0 aromatic rings. The van der Waals surface area contributed by atoms with E-state index >= 15 is 0 Å². The zero-order valence-electron chi connectivity index (χ0n) is 35.3. The molecule has 0 aromatic heterocycles. The quantitative estimate of drug-likeness (QED) is 0.197. The number of hydrogen-bond donors (Lipinski definition) is 0. The Morgan fingerprint density at radius 3 is 0.491 bits per heavy atom. The van der Waals surface area contributed by atoms with Crippen LogP contribution in [-0.2, 0) is 84.3 Å². The molecule has 19 heteroatoms. The molecule has 55 heavy (non-hydrogen) atoms. The summed E-state index contributed by atoms with van der Waals surface area (Å²) in [6.07, 6.45) is -13.7. The van der Waals surface area contributed by atoms with E-state index in [4.69, 9.17) is 55.6 Å². The van der Waals surface area contributed by atoms with Crippen molar-refractivity contribution < 1.29 is 84.3 Å². The van der Waals surface area contributed by atoms with Crippen LogP contribution in [-0.4, -0.2) is 106 Å². The summed E-state index contributed by atoms with van der Waals surface area (Å²) in [7, 11) is -7.78. The third kappa shape index (κ3) is 11.1. The zero-order valence-corrected chi connectivity index (χ0v) is 36.2. The number of carbonyl (C=O) groups is 6. The summed E-state index contributed by atoms with van der Waals surface area (Å²) < 4.78 is 71.0. The third-order valence-corrected chi connectivity index (χ3v) is 10.6. The van der Waals surface area contributed by atoms with Crippen LogP contribution < -0.4 is 0 Å². The van der Waals surface area contributed by atoms with Gasteiger partial charge in [0.05, 0.1) is 0 Å². The van der Waals surface area contributed by atoms with Crippen molar-refractivity contribution in [2.24, 2.45) is 0 Å². The van der Waals surface area contributed by atoms with Crippen molar-refractivity contribution in [3.8, 4) is 0 Å². The molecule has 3 rings (SSSR count). The molecule has 0 saturated carbocycles. The molecule has 0 bridgehead atoms. The number of rotatable bonds is 6. The van der Waals surface area contributed by atoms with Crippen molar-refractivity contribution in [1.29, 1.82) is 0 Å². The molecule has 0 amide bonds. The van der Waals surface area contributed by atoms with Gasteiger partial charge in [0.15, 0.2) is 0 Å². The molecule has 1 spiro atoms. The Labute approximate surface area is 322 Å². The van der Waals surface area contributed by atoms with Crippen LogP contribution in [0, 0.1) is 0 Å². The first-order chi connectivity index (χ1) is 24.2. The summed E-state index contributed by atoms with van der Waals surface area (Å²) in [4.78, 5) is 84.2. The topological polar surface area (TPSA) is 213 Å². The summed E-state index contributed by atoms with van der Waals surface area (Å²) in [5, 5.41) is 0. The van der Waals surface area contributed by atoms with Crippen LogP contribution in [0.4, 0.5) is 0 Å². The molecule has 3 aliphatic rings. The van der Waals surface area contributed by atoms with Gasteiger partial charge in [-0.1, -0.05) is 0 Å². The normalized spacial score (nSPS) is 28.9. The van der Waals surface area contributed by atoms with Crippen molar-refractivity contribution in [1.82, 2.24) is 0 Å². The predicted octanol–water partition coefficient (Wildman–Crippen LogP) is 4.97. The second kappa shape index (κ2) is 13.8. The summed E-state index contributed by atoms with van der Waals surface area (Å²) in [5.74, 6) is -7.73. The summed E-state index contributed by atoms with van der Waals surface area (Å²) in [5.41, 5.74) is -7.30. The van der Waals surface area contributed by atoms with E-state index in [1.807, 2.05) is 0 Å². The van der Waals surface area contributed by atoms with Gasteiger partial charge in [0, 0.05) is 0 Å². The molecular weight excluding hydrogens is 751 g/mol. The molecule has 0 radical (unpaired) electrons. The van der Waals surface area contributed by atoms with Crippen LogP contribution in [0.25, 0.3) is 0 Å². The Hall–Kier alpha value is -2.99. The maximum atomic E-state index is 14.0. The van der Waals surface area contributed by atoms with Gasteiger partial charge in [-0.15, -0.1) is 0 Å². The van der Waals surface area contributed by atoms with Crippen molar-refractivity contribution >= 4 is 43.1 Å². The summed E-state index contributed by atoms with van der Waals surface area (Å²) in [6, 6.07) is 0. The monoisotopic (exact) mass is 811 g/mol. The van der Waals surface area contributed by atoms with E-state index in [9.17, 15) is 28.8 Å². The first-order valence-corrected chi connectivity index (χ1v) is 20.1. The van der Waals surface area contributed by atoms with Crippen LogP contribution in [0.3, 0.4) is 0 Å². The molecule has 18 nitrogen and oxygen atoms in total. The van der Waals surface area contributed by atoms with Gasteiger partial charge in [-0.2, -0.15) is 0 Å². The van der Waals surface area contributed by atoms with Gasteiger partial charge in [-0.25, -0.2) is 0 Å². The minimum absolute atomic E-state index is 1.22. The second-order valence-corrected chi connectivity index (χ2v) is 23.0. The van der Waals surface area contributed by atoms with Crippen molar-refractivity contribution in [2.75, 3.05) is 0 Å². The molecule has 3 heterocycles. The van der Waals surface area contributed by atoms with Gasteiger partial charge >= 0.3 is 322 Å². The number of ether oxygens (including phenoxy) is 6. The Morgan fingerprint density at radius 2 is 0.400 bits per heavy atom. The fourth-order valence-electron chi connectivity index (χ4n) is 5.25. The Balaban J connectivity index is 2.50. The van der Waals surface area contributed by atoms with E-state index in [0.29, 0.717) is 0 Å². The zero-order chi connectivity index (χ0) is 42.8. The summed E-state index contributed by atoms with van der Waals surface area (Å²) in [6.45, 7) is 27.3. The van der Waals surface area contributed by atoms with E-state index in [1.165, 1.54) is 125 Å². The molecule has 0 aromatic carbocycles. The van der Waals surface area contributed by atoms with Crippen LogP contribution >= 0.6 is 7.31 Å². The van der Waals surface area contributed by atoms with Crippen molar-refractivity contribution in [2.45, 2.75) is 195 Å². The van der Waals surface area contributed by atoms with E-state index in [1.54, 1.807) is 0 Å². The fourth-order valence-corrected chi connectivity index (χ4v) is 9.96. The van der Waals surface area contributed by atoms with Crippen LogP contribution in [0.2, 0.25) is 0 Å². The molecule has 318 valence electrons. The van der Waals surface area contributed by atoms with E-state index < -0.39 is 113 Å². The molecular formula is C36H60O18P-. The van der Waals surface area contributed by atoms with Gasteiger partial charge in [0.25, 0.3) is 0 Å². The maximum absolute atomic E-state index is 14.0. The van der Waals surface area contributed by atoms with E-state index in [0.717, 1.165) is 0 Å². The first kappa shape index (κ1) is 46.4. The minimum atomic E-state index is -7.78. The van der Waals surface area contributed by atoms with E-state index in [2.05, 4.69) is 0 Å². The van der Waals surface area contributed by atoms with Crippen molar-refractivity contribution in [3.63, 3.8) is 0 Å². The number of carbonyl (C=O) groups excluding carboxylic acids is 6. The molecule has 3 fully saturated rings. The van der Waals surface area contributed by atoms with Crippen LogP contribution in [0.5, 0.6) is 0 Å². The van der Waals surface area contributed by atoms with Crippen LogP contribution in [0.1, 0.15) is 125 Å². The third-order valence-electron chi connectivity index (χ3n) is 6.63. The van der Waals surface area contributed by atoms with Gasteiger partial charge in [-0.3, -0.25) is 0 Å². The molecule has 3 aliphatic heterocycles. The molecule has 3 saturated heterocycles. The predicted molar refractivity (Wildman–Crippen MR) is 191 cm³/mol. The summed E-state index contributed by atoms with van der Waals surface area (Å²) >= 11 is 0. The average molecular weight is 812 g/mol. The SMILES string of the molecule is CC(C)(C)OC(=O)C1O[P-]23(OC1C(=O)OC(C)(C)C)(OC(C(=O)OC(C)(C)C)C(C(=O)OC(C)(C)C)O2)OC(C(=O)OC(C)(C)C)C(C(=O)OC(C)(C)C)O3. The molecule has 0 N–H and O–H groups in total. The fraction of sp³-hybridized carbons (Fsp3) is 0.833. The van der Waals surface area contributed by atoms with Gasteiger partial charge in [-0.05, 0) is 0 Å². The standard InChI is InChI=1S/C36H60O18P/c1-31(2,3)43-25(37)19-20(26(38)44-32(4,5)6)50-55(49-19,51-21(27(39)45-33(7,8)9)22(52-55)28(40)46-34(10,11)12)53-23(29(41)47-35(13,14)15)24(54-55)30(42)48-36(16,17)18/h19-24H,1-18H3/q-1. The Kier molecular flexibility index (Phi) is 11.7. The van der Waals surface area contributed by atoms with Gasteiger partial charge in [0.2, 0.25) is 0 Å². The van der Waals surface area contributed by atoms with E-state index in [-0.39, 0.29) is 0 Å². The molecule has 0 aliphatic carbocycles. The number of esters is 6. The van der Waals surface area contributed by atoms with Gasteiger partial charge in [0.1, 0.15) is 0 Å². The average Bonchev–Trinajstić information content (AvgIpc) is 3.50. The Bertz CT molecular complexity index is 1260.